The van der Waals surface area contributed by atoms with Crippen LogP contribution in [0, 0.1) is 5.92 Å². The van der Waals surface area contributed by atoms with Crippen LogP contribution in [0.15, 0.2) is 24.3 Å². The number of nitrogens with one attached hydrogen (secondary N) is 2. The van der Waals surface area contributed by atoms with E-state index in [4.69, 9.17) is 11.6 Å². The van der Waals surface area contributed by atoms with Gasteiger partial charge in [0.25, 0.3) is 11.8 Å². The normalized spacial score (nSPS) is 10.8. The lowest BCUT2D eigenvalue weighted by Gasteiger charge is -2.19. The lowest BCUT2D eigenvalue weighted by molar-refractivity contribution is 0.0773. The number of rotatable bonds is 7. The first-order chi connectivity index (χ1) is 12.3. The second-order valence-corrected chi connectivity index (χ2v) is 6.91. The van der Waals surface area contributed by atoms with Gasteiger partial charge in [-0.2, -0.15) is 5.10 Å². The first-order valence-corrected chi connectivity index (χ1v) is 9.17. The maximum Gasteiger partial charge on any atom is 0.276 e. The van der Waals surface area contributed by atoms with E-state index >= 15 is 0 Å². The van der Waals surface area contributed by atoms with Crippen LogP contribution in [0.3, 0.4) is 0 Å². The number of hydrogen-bond donors (Lipinski definition) is 2. The fourth-order valence-corrected chi connectivity index (χ4v) is 2.93. The molecular weight excluding hydrogens is 352 g/mol. The summed E-state index contributed by atoms with van der Waals surface area (Å²) in [4.78, 5) is 26.4. The molecule has 7 heteroatoms. The van der Waals surface area contributed by atoms with Gasteiger partial charge < -0.3 is 10.2 Å². The Morgan fingerprint density at radius 3 is 2.50 bits per heavy atom. The Morgan fingerprint density at radius 1 is 1.23 bits per heavy atom. The summed E-state index contributed by atoms with van der Waals surface area (Å²) in [5.74, 6) is 0.0275. The van der Waals surface area contributed by atoms with Crippen LogP contribution in [-0.4, -0.2) is 40.0 Å². The van der Waals surface area contributed by atoms with Gasteiger partial charge in [0, 0.05) is 24.5 Å². The average Bonchev–Trinajstić information content (AvgIpc) is 3.03. The molecule has 26 heavy (non-hydrogen) atoms. The molecule has 2 rings (SSSR count). The molecule has 0 radical (unpaired) electrons. The quantitative estimate of drug-likeness (QED) is 0.766. The minimum atomic E-state index is -0.324. The van der Waals surface area contributed by atoms with Crippen LogP contribution in [0.1, 0.15) is 54.2 Å². The van der Waals surface area contributed by atoms with E-state index in [9.17, 15) is 9.59 Å². The smallest absolute Gasteiger partial charge is 0.276 e. The fraction of sp³-hybridized carbons (Fsp3) is 0.421. The number of aromatic nitrogens is 2. The molecule has 0 fully saturated rings. The van der Waals surface area contributed by atoms with Crippen molar-refractivity contribution in [3.05, 3.63) is 46.2 Å². The van der Waals surface area contributed by atoms with Crippen molar-refractivity contribution in [2.45, 2.75) is 34.1 Å². The third-order valence-electron chi connectivity index (χ3n) is 4.00. The molecule has 1 aromatic heterocycles. The highest BCUT2D eigenvalue weighted by Crippen LogP contribution is 2.23. The zero-order chi connectivity index (χ0) is 19.3. The van der Waals surface area contributed by atoms with Crippen molar-refractivity contribution in [2.75, 3.05) is 18.4 Å². The molecular formula is C19H25ClN4O2. The molecule has 140 valence electrons. The Morgan fingerprint density at radius 2 is 1.92 bits per heavy atom. The topological polar surface area (TPSA) is 78.1 Å². The number of carbonyl (C=O) groups excluding carboxylic acids is 2. The molecule has 1 aromatic carbocycles. The second-order valence-electron chi connectivity index (χ2n) is 6.50. The molecule has 0 aliphatic heterocycles. The Hall–Kier alpha value is -2.34. The minimum absolute atomic E-state index is 0.122. The summed E-state index contributed by atoms with van der Waals surface area (Å²) >= 11 is 6.25. The first kappa shape index (κ1) is 20.0. The van der Waals surface area contributed by atoms with Gasteiger partial charge in [-0.05, 0) is 50.5 Å². The standard InChI is InChI=1S/C19H25ClN4O2/c1-5-24(6-2)19(26)15-8-7-13(10-16(15)20)21-18(25)17-11-14(22-23-17)9-12(3)4/h7-8,10-12H,5-6,9H2,1-4H3,(H,21,25)(H,22,23). The van der Waals surface area contributed by atoms with Crippen molar-refractivity contribution in [1.82, 2.24) is 15.1 Å². The molecule has 0 aliphatic rings. The molecule has 1 heterocycles. The molecule has 2 amide bonds. The second kappa shape index (κ2) is 8.85. The number of hydrogen-bond acceptors (Lipinski definition) is 3. The van der Waals surface area contributed by atoms with Crippen molar-refractivity contribution in [1.29, 1.82) is 0 Å². The highest BCUT2D eigenvalue weighted by Gasteiger charge is 2.17. The van der Waals surface area contributed by atoms with Gasteiger partial charge in [0.1, 0.15) is 0 Å². The number of anilines is 1. The largest absolute Gasteiger partial charge is 0.339 e. The Bertz CT molecular complexity index is 782. The Balaban J connectivity index is 2.10. The Kier molecular flexibility index (Phi) is 6.80. The van der Waals surface area contributed by atoms with E-state index in [0.29, 0.717) is 41.0 Å². The van der Waals surface area contributed by atoms with E-state index in [1.54, 1.807) is 29.2 Å². The monoisotopic (exact) mass is 376 g/mol. The van der Waals surface area contributed by atoms with Crippen LogP contribution in [0.2, 0.25) is 5.02 Å². The number of aromatic amines is 1. The number of halogens is 1. The predicted molar refractivity (Wildman–Crippen MR) is 104 cm³/mol. The average molecular weight is 377 g/mol. The van der Waals surface area contributed by atoms with Crippen LogP contribution in [0.5, 0.6) is 0 Å². The van der Waals surface area contributed by atoms with Gasteiger partial charge in [0.05, 0.1) is 10.6 Å². The van der Waals surface area contributed by atoms with Gasteiger partial charge in [-0.3, -0.25) is 14.7 Å². The summed E-state index contributed by atoms with van der Waals surface area (Å²) in [6, 6.07) is 6.63. The van der Waals surface area contributed by atoms with E-state index < -0.39 is 0 Å². The molecule has 0 atom stereocenters. The van der Waals surface area contributed by atoms with E-state index in [1.807, 2.05) is 13.8 Å². The lowest BCUT2D eigenvalue weighted by atomic mass is 10.1. The van der Waals surface area contributed by atoms with Crippen molar-refractivity contribution < 1.29 is 9.59 Å². The molecule has 2 aromatic rings. The number of H-pyrrole nitrogens is 1. The zero-order valence-electron chi connectivity index (χ0n) is 15.6. The van der Waals surface area contributed by atoms with Crippen LogP contribution in [0.4, 0.5) is 5.69 Å². The van der Waals surface area contributed by atoms with Crippen molar-refractivity contribution >= 4 is 29.1 Å². The summed E-state index contributed by atoms with van der Waals surface area (Å²) in [5.41, 5.74) is 2.18. The van der Waals surface area contributed by atoms with Crippen molar-refractivity contribution in [2.24, 2.45) is 5.92 Å². The minimum Gasteiger partial charge on any atom is -0.339 e. The van der Waals surface area contributed by atoms with Gasteiger partial charge in [0.15, 0.2) is 5.69 Å². The summed E-state index contributed by atoms with van der Waals surface area (Å²) in [7, 11) is 0. The molecule has 6 nitrogen and oxygen atoms in total. The number of benzene rings is 1. The number of carbonyl (C=O) groups is 2. The highest BCUT2D eigenvalue weighted by atomic mass is 35.5. The Labute approximate surface area is 158 Å². The third-order valence-corrected chi connectivity index (χ3v) is 4.31. The third kappa shape index (κ3) is 4.85. The molecule has 0 bridgehead atoms. The van der Waals surface area contributed by atoms with E-state index in [1.165, 1.54) is 0 Å². The van der Waals surface area contributed by atoms with E-state index in [2.05, 4.69) is 29.4 Å². The van der Waals surface area contributed by atoms with Gasteiger partial charge in [-0.15, -0.1) is 0 Å². The summed E-state index contributed by atoms with van der Waals surface area (Å²) < 4.78 is 0. The highest BCUT2D eigenvalue weighted by molar-refractivity contribution is 6.34. The summed E-state index contributed by atoms with van der Waals surface area (Å²) in [6.45, 7) is 9.26. The van der Waals surface area contributed by atoms with Crippen molar-refractivity contribution in [3.63, 3.8) is 0 Å². The predicted octanol–water partition coefficient (Wildman–Crippen LogP) is 4.00. The van der Waals surface area contributed by atoms with Crippen LogP contribution < -0.4 is 5.32 Å². The maximum absolute atomic E-state index is 12.4. The van der Waals surface area contributed by atoms with Gasteiger partial charge in [0.2, 0.25) is 0 Å². The van der Waals surface area contributed by atoms with Gasteiger partial charge >= 0.3 is 0 Å². The van der Waals surface area contributed by atoms with E-state index in [0.717, 1.165) is 12.1 Å². The number of amides is 2. The summed E-state index contributed by atoms with van der Waals surface area (Å²) in [5, 5.41) is 9.99. The van der Waals surface area contributed by atoms with Crippen molar-refractivity contribution in [3.8, 4) is 0 Å². The SMILES string of the molecule is CCN(CC)C(=O)c1ccc(NC(=O)c2cc(CC(C)C)[nH]n2)cc1Cl. The molecule has 0 aliphatic carbocycles. The van der Waals surface area contributed by atoms with Crippen LogP contribution >= 0.6 is 11.6 Å². The molecule has 0 spiro atoms. The van der Waals surface area contributed by atoms with Gasteiger partial charge in [-0.1, -0.05) is 25.4 Å². The first-order valence-electron chi connectivity index (χ1n) is 8.80. The summed E-state index contributed by atoms with van der Waals surface area (Å²) in [6.07, 6.45) is 0.828. The fourth-order valence-electron chi connectivity index (χ4n) is 2.66. The maximum atomic E-state index is 12.4. The van der Waals surface area contributed by atoms with Crippen LogP contribution in [0.25, 0.3) is 0 Å². The molecule has 0 saturated carbocycles. The number of nitrogens with zero attached hydrogens (tertiary/aromatic N) is 2. The molecule has 0 saturated heterocycles. The zero-order valence-corrected chi connectivity index (χ0v) is 16.4. The van der Waals surface area contributed by atoms with Crippen LogP contribution in [-0.2, 0) is 6.42 Å². The molecule has 0 unspecified atom stereocenters. The molecule has 2 N–H and O–H groups in total. The lowest BCUT2D eigenvalue weighted by Crippen LogP contribution is -2.30. The van der Waals surface area contributed by atoms with E-state index in [-0.39, 0.29) is 11.8 Å². The van der Waals surface area contributed by atoms with Gasteiger partial charge in [-0.25, -0.2) is 0 Å².